The fourth-order valence-electron chi connectivity index (χ4n) is 3.11. The Hall–Kier alpha value is -0.860. The molecule has 1 aliphatic rings. The number of nitrogens with two attached hydrogens (primary N) is 1. The summed E-state index contributed by atoms with van der Waals surface area (Å²) in [4.78, 5) is 2.54. The first kappa shape index (κ1) is 14.5. The molecule has 1 aromatic rings. The molecule has 1 fully saturated rings. The molecule has 2 nitrogen and oxygen atoms in total. The van der Waals surface area contributed by atoms with Crippen molar-refractivity contribution in [2.75, 3.05) is 19.6 Å². The Morgan fingerprint density at radius 3 is 2.58 bits per heavy atom. The highest BCUT2D eigenvalue weighted by Crippen LogP contribution is 2.23. The van der Waals surface area contributed by atoms with E-state index in [-0.39, 0.29) is 6.04 Å². The Morgan fingerprint density at radius 2 is 1.95 bits per heavy atom. The Bertz CT molecular complexity index is 406. The number of hydrogen-bond donors (Lipinski definition) is 1. The van der Waals surface area contributed by atoms with Crippen LogP contribution < -0.4 is 5.73 Å². The molecular formula is C17H28N2. The van der Waals surface area contributed by atoms with Gasteiger partial charge in [-0.15, -0.1) is 0 Å². The Kier molecular flexibility index (Phi) is 5.00. The summed E-state index contributed by atoms with van der Waals surface area (Å²) in [5.74, 6) is 0.938. The van der Waals surface area contributed by atoms with Crippen molar-refractivity contribution >= 4 is 0 Å². The molecular weight excluding hydrogens is 232 g/mol. The van der Waals surface area contributed by atoms with Gasteiger partial charge in [-0.05, 0) is 56.8 Å². The summed E-state index contributed by atoms with van der Waals surface area (Å²) < 4.78 is 0. The van der Waals surface area contributed by atoms with Gasteiger partial charge >= 0.3 is 0 Å². The van der Waals surface area contributed by atoms with Crippen LogP contribution in [0, 0.1) is 19.8 Å². The summed E-state index contributed by atoms with van der Waals surface area (Å²) in [6.07, 6.45) is 4.02. The van der Waals surface area contributed by atoms with Crippen LogP contribution in [0.15, 0.2) is 18.2 Å². The molecule has 2 rings (SSSR count). The second kappa shape index (κ2) is 6.53. The fraction of sp³-hybridized carbons (Fsp3) is 0.647. The molecule has 0 spiro atoms. The lowest BCUT2D eigenvalue weighted by Crippen LogP contribution is -2.38. The predicted molar refractivity (Wildman–Crippen MR) is 82.3 cm³/mol. The first-order chi connectivity index (χ1) is 9.10. The average Bonchev–Trinajstić information content (AvgIpc) is 2.42. The van der Waals surface area contributed by atoms with E-state index in [0.29, 0.717) is 0 Å². The maximum atomic E-state index is 6.42. The lowest BCUT2D eigenvalue weighted by atomic mass is 9.93. The van der Waals surface area contributed by atoms with Crippen LogP contribution >= 0.6 is 0 Å². The molecule has 1 aromatic carbocycles. The third-order valence-corrected chi connectivity index (χ3v) is 4.57. The zero-order chi connectivity index (χ0) is 13.8. The molecule has 0 aliphatic carbocycles. The maximum Gasteiger partial charge on any atom is 0.0427 e. The van der Waals surface area contributed by atoms with Gasteiger partial charge in [-0.3, -0.25) is 0 Å². The van der Waals surface area contributed by atoms with Crippen molar-refractivity contribution < 1.29 is 0 Å². The van der Waals surface area contributed by atoms with E-state index >= 15 is 0 Å². The number of hydrogen-bond acceptors (Lipinski definition) is 2. The van der Waals surface area contributed by atoms with E-state index < -0.39 is 0 Å². The van der Waals surface area contributed by atoms with E-state index in [2.05, 4.69) is 43.9 Å². The molecule has 0 saturated carbocycles. The van der Waals surface area contributed by atoms with Gasteiger partial charge < -0.3 is 10.6 Å². The van der Waals surface area contributed by atoms with Crippen molar-refractivity contribution in [1.82, 2.24) is 4.90 Å². The van der Waals surface area contributed by atoms with Gasteiger partial charge in [-0.2, -0.15) is 0 Å². The molecule has 1 saturated heterocycles. The molecule has 0 aromatic heterocycles. The number of piperidine rings is 1. The minimum absolute atomic E-state index is 0.151. The van der Waals surface area contributed by atoms with E-state index in [1.807, 2.05) is 0 Å². The SMILES string of the molecule is CCC1CCN(CC(N)c2cc(C)ccc2C)CC1. The Morgan fingerprint density at radius 1 is 1.26 bits per heavy atom. The summed E-state index contributed by atoms with van der Waals surface area (Å²) in [6, 6.07) is 6.75. The van der Waals surface area contributed by atoms with Crippen molar-refractivity contribution in [3.05, 3.63) is 34.9 Å². The molecule has 1 atom stereocenters. The van der Waals surface area contributed by atoms with Crippen LogP contribution in [0.2, 0.25) is 0 Å². The number of benzene rings is 1. The first-order valence-electron chi connectivity index (χ1n) is 7.65. The summed E-state index contributed by atoms with van der Waals surface area (Å²) in [5, 5.41) is 0. The second-order valence-corrected chi connectivity index (χ2v) is 6.12. The molecule has 0 bridgehead atoms. The van der Waals surface area contributed by atoms with Gasteiger partial charge in [0, 0.05) is 12.6 Å². The van der Waals surface area contributed by atoms with E-state index in [4.69, 9.17) is 5.73 Å². The van der Waals surface area contributed by atoms with Crippen LogP contribution in [0.4, 0.5) is 0 Å². The van der Waals surface area contributed by atoms with Gasteiger partial charge in [0.1, 0.15) is 0 Å². The average molecular weight is 260 g/mol. The van der Waals surface area contributed by atoms with Crippen molar-refractivity contribution in [2.45, 2.75) is 46.1 Å². The third-order valence-electron chi connectivity index (χ3n) is 4.57. The molecule has 106 valence electrons. The van der Waals surface area contributed by atoms with Crippen molar-refractivity contribution in [2.24, 2.45) is 11.7 Å². The molecule has 2 N–H and O–H groups in total. The third kappa shape index (κ3) is 3.80. The number of rotatable bonds is 4. The zero-order valence-corrected chi connectivity index (χ0v) is 12.7. The largest absolute Gasteiger partial charge is 0.323 e. The highest BCUT2D eigenvalue weighted by atomic mass is 15.1. The summed E-state index contributed by atoms with van der Waals surface area (Å²) >= 11 is 0. The van der Waals surface area contributed by atoms with E-state index in [1.165, 1.54) is 49.0 Å². The standard InChI is InChI=1S/C17H28N2/c1-4-15-7-9-19(10-8-15)12-17(18)16-11-13(2)5-6-14(16)3/h5-6,11,15,17H,4,7-10,12,18H2,1-3H3. The lowest BCUT2D eigenvalue weighted by molar-refractivity contribution is 0.173. The first-order valence-corrected chi connectivity index (χ1v) is 7.65. The second-order valence-electron chi connectivity index (χ2n) is 6.12. The fourth-order valence-corrected chi connectivity index (χ4v) is 3.11. The minimum Gasteiger partial charge on any atom is -0.323 e. The van der Waals surface area contributed by atoms with Crippen LogP contribution in [0.1, 0.15) is 48.9 Å². The molecule has 1 aliphatic heterocycles. The number of likely N-dealkylation sites (tertiary alicyclic amines) is 1. The summed E-state index contributed by atoms with van der Waals surface area (Å²) in [6.45, 7) is 10.1. The topological polar surface area (TPSA) is 29.3 Å². The van der Waals surface area contributed by atoms with E-state index in [0.717, 1.165) is 12.5 Å². The van der Waals surface area contributed by atoms with Gasteiger partial charge in [-0.25, -0.2) is 0 Å². The van der Waals surface area contributed by atoms with Crippen LogP contribution in [-0.2, 0) is 0 Å². The zero-order valence-electron chi connectivity index (χ0n) is 12.7. The van der Waals surface area contributed by atoms with Gasteiger partial charge in [0.05, 0.1) is 0 Å². The maximum absolute atomic E-state index is 6.42. The summed E-state index contributed by atoms with van der Waals surface area (Å²) in [7, 11) is 0. The number of aryl methyl sites for hydroxylation is 2. The van der Waals surface area contributed by atoms with Crippen molar-refractivity contribution in [3.63, 3.8) is 0 Å². The van der Waals surface area contributed by atoms with E-state index in [1.54, 1.807) is 0 Å². The summed E-state index contributed by atoms with van der Waals surface area (Å²) in [5.41, 5.74) is 10.4. The van der Waals surface area contributed by atoms with Gasteiger partial charge in [0.2, 0.25) is 0 Å². The van der Waals surface area contributed by atoms with E-state index in [9.17, 15) is 0 Å². The molecule has 19 heavy (non-hydrogen) atoms. The normalized spacial score (nSPS) is 19.6. The Labute approximate surface area is 118 Å². The molecule has 0 amide bonds. The van der Waals surface area contributed by atoms with Gasteiger partial charge in [-0.1, -0.05) is 37.1 Å². The monoisotopic (exact) mass is 260 g/mol. The van der Waals surface area contributed by atoms with Crippen LogP contribution in [-0.4, -0.2) is 24.5 Å². The quantitative estimate of drug-likeness (QED) is 0.898. The van der Waals surface area contributed by atoms with Crippen LogP contribution in [0.3, 0.4) is 0 Å². The highest BCUT2D eigenvalue weighted by Gasteiger charge is 2.20. The molecule has 1 heterocycles. The smallest absolute Gasteiger partial charge is 0.0427 e. The van der Waals surface area contributed by atoms with Crippen LogP contribution in [0.25, 0.3) is 0 Å². The van der Waals surface area contributed by atoms with Crippen molar-refractivity contribution in [3.8, 4) is 0 Å². The number of nitrogens with zero attached hydrogens (tertiary/aromatic N) is 1. The van der Waals surface area contributed by atoms with Gasteiger partial charge in [0.15, 0.2) is 0 Å². The minimum atomic E-state index is 0.151. The Balaban J connectivity index is 1.94. The lowest BCUT2D eigenvalue weighted by Gasteiger charge is -2.33. The highest BCUT2D eigenvalue weighted by molar-refractivity contribution is 5.33. The molecule has 0 radical (unpaired) electrons. The molecule has 2 heteroatoms. The molecule has 1 unspecified atom stereocenters. The van der Waals surface area contributed by atoms with Crippen LogP contribution in [0.5, 0.6) is 0 Å². The van der Waals surface area contributed by atoms with Gasteiger partial charge in [0.25, 0.3) is 0 Å². The predicted octanol–water partition coefficient (Wildman–Crippen LogP) is 3.43. The van der Waals surface area contributed by atoms with Crippen molar-refractivity contribution in [1.29, 1.82) is 0 Å².